The number of benzene rings is 2. The van der Waals surface area contributed by atoms with Crippen LogP contribution >= 0.6 is 0 Å². The number of rotatable bonds is 6. The fourth-order valence-electron chi connectivity index (χ4n) is 2.05. The molecule has 2 aromatic carbocycles. The van der Waals surface area contributed by atoms with Gasteiger partial charge in [-0.15, -0.1) is 0 Å². The summed E-state index contributed by atoms with van der Waals surface area (Å²) in [6.07, 6.45) is 0.890. The van der Waals surface area contributed by atoms with Crippen LogP contribution < -0.4 is 10.2 Å². The molecule has 1 N–H and O–H groups in total. The minimum Gasteiger partial charge on any atom is -0.493 e. The highest BCUT2D eigenvalue weighted by Crippen LogP contribution is 2.18. The van der Waals surface area contributed by atoms with Gasteiger partial charge in [-0.2, -0.15) is 5.10 Å². The Kier molecular flexibility index (Phi) is 5.92. The van der Waals surface area contributed by atoms with Crippen LogP contribution in [0.3, 0.4) is 0 Å². The third-order valence-corrected chi connectivity index (χ3v) is 3.39. The summed E-state index contributed by atoms with van der Waals surface area (Å²) in [4.78, 5) is 12.3. The first kappa shape index (κ1) is 16.7. The predicted molar refractivity (Wildman–Crippen MR) is 93.1 cm³/mol. The van der Waals surface area contributed by atoms with E-state index in [-0.39, 0.29) is 5.91 Å². The molecule has 0 heterocycles. The second-order valence-corrected chi connectivity index (χ2v) is 5.35. The number of para-hydroxylation sites is 1. The summed E-state index contributed by atoms with van der Waals surface area (Å²) in [7, 11) is 0. The number of ether oxygens (including phenoxy) is 1. The third kappa shape index (κ3) is 4.68. The van der Waals surface area contributed by atoms with Crippen molar-refractivity contribution in [1.29, 1.82) is 0 Å². The Morgan fingerprint density at radius 1 is 1.13 bits per heavy atom. The zero-order valence-corrected chi connectivity index (χ0v) is 13.8. The minimum atomic E-state index is -0.275. The van der Waals surface area contributed by atoms with Crippen LogP contribution in [0.4, 0.5) is 0 Å². The fourth-order valence-corrected chi connectivity index (χ4v) is 2.05. The van der Waals surface area contributed by atoms with Crippen molar-refractivity contribution in [3.05, 3.63) is 65.2 Å². The molecule has 0 atom stereocenters. The lowest BCUT2D eigenvalue weighted by Gasteiger charge is -2.09. The van der Waals surface area contributed by atoms with Gasteiger partial charge >= 0.3 is 0 Å². The highest BCUT2D eigenvalue weighted by molar-refractivity contribution is 6.01. The summed E-state index contributed by atoms with van der Waals surface area (Å²) in [6, 6.07) is 15.2. The van der Waals surface area contributed by atoms with Gasteiger partial charge in [0.2, 0.25) is 0 Å². The second-order valence-electron chi connectivity index (χ2n) is 5.35. The fraction of sp³-hybridized carbons (Fsp3) is 0.263. The van der Waals surface area contributed by atoms with E-state index in [0.29, 0.717) is 17.9 Å². The molecule has 0 aliphatic heterocycles. The first-order chi connectivity index (χ1) is 11.1. The van der Waals surface area contributed by atoms with Crippen LogP contribution in [0, 0.1) is 6.92 Å². The molecule has 0 unspecified atom stereocenters. The lowest BCUT2D eigenvalue weighted by molar-refractivity contribution is 0.0950. The lowest BCUT2D eigenvalue weighted by Crippen LogP contribution is -2.20. The number of nitrogens with one attached hydrogen (secondary N) is 1. The normalized spacial score (nSPS) is 11.2. The second kappa shape index (κ2) is 8.13. The van der Waals surface area contributed by atoms with E-state index in [9.17, 15) is 4.79 Å². The molecule has 0 aliphatic carbocycles. The number of aryl methyl sites for hydroxylation is 1. The van der Waals surface area contributed by atoms with E-state index in [4.69, 9.17) is 4.74 Å². The average Bonchev–Trinajstić information content (AvgIpc) is 2.58. The Morgan fingerprint density at radius 2 is 1.83 bits per heavy atom. The van der Waals surface area contributed by atoms with Crippen molar-refractivity contribution in [3.63, 3.8) is 0 Å². The van der Waals surface area contributed by atoms with Gasteiger partial charge in [-0.3, -0.25) is 4.79 Å². The molecular weight excluding hydrogens is 288 g/mol. The largest absolute Gasteiger partial charge is 0.493 e. The van der Waals surface area contributed by atoms with Gasteiger partial charge in [-0.1, -0.05) is 48.9 Å². The smallest absolute Gasteiger partial charge is 0.275 e. The number of carbonyl (C=O) groups is 1. The van der Waals surface area contributed by atoms with Gasteiger partial charge in [0.15, 0.2) is 0 Å². The molecule has 0 radical (unpaired) electrons. The number of carbonyl (C=O) groups excluding carboxylic acids is 1. The van der Waals surface area contributed by atoms with Crippen LogP contribution in [0.2, 0.25) is 0 Å². The summed E-state index contributed by atoms with van der Waals surface area (Å²) in [6.45, 7) is 6.50. The van der Waals surface area contributed by atoms with E-state index >= 15 is 0 Å². The van der Waals surface area contributed by atoms with Crippen molar-refractivity contribution in [2.24, 2.45) is 5.10 Å². The van der Waals surface area contributed by atoms with Gasteiger partial charge in [-0.25, -0.2) is 5.43 Å². The van der Waals surface area contributed by atoms with Crippen molar-refractivity contribution < 1.29 is 9.53 Å². The standard InChI is InChI=1S/C19H22N2O2/c1-4-13-23-18-8-6-5-7-17(18)19(22)21-20-15(3)16-11-9-14(2)10-12-16/h5-12H,4,13H2,1-3H3,(H,21,22). The third-order valence-electron chi connectivity index (χ3n) is 3.39. The molecule has 2 rings (SSSR count). The van der Waals surface area contributed by atoms with Gasteiger partial charge in [0.05, 0.1) is 17.9 Å². The van der Waals surface area contributed by atoms with Gasteiger partial charge < -0.3 is 4.74 Å². The molecule has 2 aromatic rings. The number of nitrogens with zero attached hydrogens (tertiary/aromatic N) is 1. The molecule has 4 nitrogen and oxygen atoms in total. The molecule has 0 bridgehead atoms. The Balaban J connectivity index is 2.10. The molecule has 0 saturated heterocycles. The Labute approximate surface area is 137 Å². The van der Waals surface area contributed by atoms with Crippen LogP contribution in [-0.4, -0.2) is 18.2 Å². The summed E-state index contributed by atoms with van der Waals surface area (Å²) in [5, 5.41) is 4.18. The molecular formula is C19H22N2O2. The van der Waals surface area contributed by atoms with Gasteiger partial charge in [-0.05, 0) is 38.0 Å². The SMILES string of the molecule is CCCOc1ccccc1C(=O)NN=C(C)c1ccc(C)cc1. The number of hydrogen-bond acceptors (Lipinski definition) is 3. The summed E-state index contributed by atoms with van der Waals surface area (Å²) >= 11 is 0. The van der Waals surface area contributed by atoms with E-state index in [1.165, 1.54) is 5.56 Å². The van der Waals surface area contributed by atoms with E-state index in [1.807, 2.05) is 57.2 Å². The van der Waals surface area contributed by atoms with Crippen molar-refractivity contribution in [2.75, 3.05) is 6.61 Å². The first-order valence-electron chi connectivity index (χ1n) is 7.75. The van der Waals surface area contributed by atoms with E-state index in [1.54, 1.807) is 12.1 Å². The average molecular weight is 310 g/mol. The summed E-state index contributed by atoms with van der Waals surface area (Å²) in [5.74, 6) is 0.304. The monoisotopic (exact) mass is 310 g/mol. The summed E-state index contributed by atoms with van der Waals surface area (Å²) in [5.41, 5.74) is 6.01. The van der Waals surface area contributed by atoms with Crippen LogP contribution in [-0.2, 0) is 0 Å². The van der Waals surface area contributed by atoms with Crippen LogP contribution in [0.25, 0.3) is 0 Å². The first-order valence-corrected chi connectivity index (χ1v) is 7.75. The number of hydrazone groups is 1. The highest BCUT2D eigenvalue weighted by Gasteiger charge is 2.11. The maximum Gasteiger partial charge on any atom is 0.275 e. The van der Waals surface area contributed by atoms with Gasteiger partial charge in [0.25, 0.3) is 5.91 Å². The number of amides is 1. The number of hydrogen-bond donors (Lipinski definition) is 1. The predicted octanol–water partition coefficient (Wildman–Crippen LogP) is 3.94. The lowest BCUT2D eigenvalue weighted by atomic mass is 10.1. The minimum absolute atomic E-state index is 0.275. The highest BCUT2D eigenvalue weighted by atomic mass is 16.5. The Hall–Kier alpha value is -2.62. The molecule has 0 spiro atoms. The maximum atomic E-state index is 12.3. The Morgan fingerprint density at radius 3 is 2.52 bits per heavy atom. The quantitative estimate of drug-likeness (QED) is 0.649. The van der Waals surface area contributed by atoms with E-state index < -0.39 is 0 Å². The summed E-state index contributed by atoms with van der Waals surface area (Å²) < 4.78 is 5.60. The van der Waals surface area contributed by atoms with Crippen molar-refractivity contribution in [2.45, 2.75) is 27.2 Å². The zero-order chi connectivity index (χ0) is 16.7. The zero-order valence-electron chi connectivity index (χ0n) is 13.8. The maximum absolute atomic E-state index is 12.3. The van der Waals surface area contributed by atoms with E-state index in [0.717, 1.165) is 17.7 Å². The Bertz CT molecular complexity index is 691. The molecule has 1 amide bonds. The topological polar surface area (TPSA) is 50.7 Å². The molecule has 0 saturated carbocycles. The molecule has 23 heavy (non-hydrogen) atoms. The molecule has 120 valence electrons. The molecule has 4 heteroatoms. The van der Waals surface area contributed by atoms with Crippen molar-refractivity contribution in [1.82, 2.24) is 5.43 Å². The van der Waals surface area contributed by atoms with E-state index in [2.05, 4.69) is 10.5 Å². The van der Waals surface area contributed by atoms with Gasteiger partial charge in [0.1, 0.15) is 5.75 Å². The van der Waals surface area contributed by atoms with Gasteiger partial charge in [0, 0.05) is 0 Å². The van der Waals surface area contributed by atoms with Crippen LogP contribution in [0.15, 0.2) is 53.6 Å². The molecule has 0 aromatic heterocycles. The van der Waals surface area contributed by atoms with Crippen molar-refractivity contribution >= 4 is 11.6 Å². The van der Waals surface area contributed by atoms with Crippen molar-refractivity contribution in [3.8, 4) is 5.75 Å². The van der Waals surface area contributed by atoms with Crippen LogP contribution in [0.5, 0.6) is 5.75 Å². The molecule has 0 fully saturated rings. The van der Waals surface area contributed by atoms with Crippen LogP contribution in [0.1, 0.15) is 41.8 Å². The molecule has 0 aliphatic rings.